The molecule has 4 fully saturated rings. The molecule has 0 spiro atoms. The molecule has 2 N–H and O–H groups in total. The molecule has 4 saturated heterocycles. The molecule has 2 aromatic heterocycles. The Hall–Kier alpha value is -4.40. The highest BCUT2D eigenvalue weighted by Gasteiger charge is 2.50. The van der Waals surface area contributed by atoms with E-state index in [0.29, 0.717) is 77.4 Å². The van der Waals surface area contributed by atoms with Gasteiger partial charge in [-0.2, -0.15) is 9.97 Å². The average molecular weight is 623 g/mol. The number of anilines is 1. The monoisotopic (exact) mass is 622 g/mol. The number of halogens is 1. The van der Waals surface area contributed by atoms with Gasteiger partial charge in [0.25, 0.3) is 0 Å². The van der Waals surface area contributed by atoms with E-state index < -0.39 is 6.17 Å². The van der Waals surface area contributed by atoms with Crippen molar-refractivity contribution in [3.8, 4) is 47.0 Å². The zero-order valence-electron chi connectivity index (χ0n) is 25.6. The lowest BCUT2D eigenvalue weighted by Crippen LogP contribution is -2.60. The fourth-order valence-corrected chi connectivity index (χ4v) is 8.73. The summed E-state index contributed by atoms with van der Waals surface area (Å²) in [5.74, 6) is 4.35. The molecular weight excluding hydrogens is 587 g/mol. The third-order valence-corrected chi connectivity index (χ3v) is 10.8. The highest BCUT2D eigenvalue weighted by molar-refractivity contribution is 6.07. The molecule has 0 saturated carbocycles. The molecule has 10 nitrogen and oxygen atoms in total. The number of piperazine rings is 1. The van der Waals surface area contributed by atoms with E-state index in [9.17, 15) is 9.50 Å². The van der Waals surface area contributed by atoms with Gasteiger partial charge in [-0.15, -0.1) is 6.42 Å². The Kier molecular flexibility index (Phi) is 6.24. The summed E-state index contributed by atoms with van der Waals surface area (Å²) in [6.45, 7) is 2.81. The Morgan fingerprint density at radius 3 is 2.98 bits per heavy atom. The van der Waals surface area contributed by atoms with Gasteiger partial charge in [-0.25, -0.2) is 9.37 Å². The molecule has 2 bridgehead atoms. The van der Waals surface area contributed by atoms with Crippen LogP contribution in [0, 0.1) is 12.3 Å². The maximum Gasteiger partial charge on any atom is 0.319 e. The Morgan fingerprint density at radius 1 is 1.20 bits per heavy atom. The summed E-state index contributed by atoms with van der Waals surface area (Å²) >= 11 is 0. The molecule has 2 aromatic carbocycles. The minimum Gasteiger partial charge on any atom is -0.508 e. The van der Waals surface area contributed by atoms with Crippen LogP contribution in [0.25, 0.3) is 32.9 Å². The molecule has 7 heterocycles. The molecule has 5 aliphatic rings. The first-order valence-corrected chi connectivity index (χ1v) is 16.1. The van der Waals surface area contributed by atoms with E-state index in [0.717, 1.165) is 49.5 Å². The van der Waals surface area contributed by atoms with Gasteiger partial charge < -0.3 is 29.5 Å². The number of aromatic hydroxyl groups is 1. The number of alkyl halides is 1. The number of fused-ring (bicyclic) bond motifs is 7. The summed E-state index contributed by atoms with van der Waals surface area (Å²) < 4.78 is 33.7. The van der Waals surface area contributed by atoms with Gasteiger partial charge >= 0.3 is 6.01 Å². The Morgan fingerprint density at radius 2 is 2.11 bits per heavy atom. The van der Waals surface area contributed by atoms with Crippen molar-refractivity contribution < 1.29 is 23.7 Å². The van der Waals surface area contributed by atoms with Gasteiger partial charge in [-0.1, -0.05) is 18.1 Å². The van der Waals surface area contributed by atoms with Gasteiger partial charge in [-0.05, 0) is 55.8 Å². The molecule has 46 heavy (non-hydrogen) atoms. The first-order valence-electron chi connectivity index (χ1n) is 16.1. The lowest BCUT2D eigenvalue weighted by atomic mass is 9.95. The van der Waals surface area contributed by atoms with E-state index in [2.05, 4.69) is 21.0 Å². The highest BCUT2D eigenvalue weighted by atomic mass is 19.1. The predicted octanol–water partition coefficient (Wildman–Crippen LogP) is 4.20. The van der Waals surface area contributed by atoms with Crippen molar-refractivity contribution in [2.75, 3.05) is 44.9 Å². The number of rotatable bonds is 5. The third-order valence-electron chi connectivity index (χ3n) is 10.8. The Bertz CT molecular complexity index is 1950. The maximum absolute atomic E-state index is 14.6. The first kappa shape index (κ1) is 27.9. The molecule has 5 atom stereocenters. The second-order valence-corrected chi connectivity index (χ2v) is 13.3. The number of nitrogens with one attached hydrogen (secondary N) is 1. The Labute approximate surface area is 265 Å². The van der Waals surface area contributed by atoms with E-state index >= 15 is 0 Å². The van der Waals surface area contributed by atoms with Crippen LogP contribution < -0.4 is 24.4 Å². The number of pyridine rings is 1. The van der Waals surface area contributed by atoms with Crippen molar-refractivity contribution in [1.29, 1.82) is 0 Å². The van der Waals surface area contributed by atoms with Gasteiger partial charge in [0.15, 0.2) is 5.75 Å². The normalized spacial score (nSPS) is 28.1. The molecule has 236 valence electrons. The standard InChI is InChI=1S/C35H35FN6O4/c1-3-19-6-4-7-20-12-23(43)13-24(27(19)20)29-31(44-2)30-28-32(42-16-22-8-9-25(37-22)26(42)17-45-33(28)38-29)40-34(39-30)46-18-35-10-5-11-41(35)15-21(36)14-35/h1,4,6-7,12-13,21-22,25-26,37,43H,5,8-11,14-18H2,2H3. The summed E-state index contributed by atoms with van der Waals surface area (Å²) in [6, 6.07) is 9.81. The van der Waals surface area contributed by atoms with Crippen LogP contribution in [0.2, 0.25) is 0 Å². The molecule has 0 amide bonds. The number of hydrogen-bond donors (Lipinski definition) is 2. The summed E-state index contributed by atoms with van der Waals surface area (Å²) in [7, 11) is 1.58. The van der Waals surface area contributed by atoms with Gasteiger partial charge in [0.05, 0.1) is 18.7 Å². The molecule has 9 rings (SSSR count). The minimum atomic E-state index is -0.860. The maximum atomic E-state index is 14.6. The number of aromatic nitrogens is 3. The second-order valence-electron chi connectivity index (χ2n) is 13.3. The van der Waals surface area contributed by atoms with E-state index in [1.165, 1.54) is 0 Å². The molecule has 0 radical (unpaired) electrons. The number of benzene rings is 2. The molecule has 11 heteroatoms. The van der Waals surface area contributed by atoms with Crippen LogP contribution in [0.3, 0.4) is 0 Å². The van der Waals surface area contributed by atoms with E-state index in [1.807, 2.05) is 18.2 Å². The smallest absolute Gasteiger partial charge is 0.319 e. The van der Waals surface area contributed by atoms with Crippen LogP contribution in [-0.4, -0.2) is 94.8 Å². The number of methoxy groups -OCH3 is 1. The highest BCUT2D eigenvalue weighted by Crippen LogP contribution is 2.48. The zero-order chi connectivity index (χ0) is 31.2. The SMILES string of the molecule is C#Cc1cccc2cc(O)cc(-c3nc4c5c(nc(OCC67CCCN6CC(F)C7)nc5c3OC)N3CC5CCC(N5)C3CO4)c12. The van der Waals surface area contributed by atoms with Gasteiger partial charge in [0, 0.05) is 48.1 Å². The van der Waals surface area contributed by atoms with Crippen molar-refractivity contribution in [3.63, 3.8) is 0 Å². The van der Waals surface area contributed by atoms with Crippen LogP contribution in [0.1, 0.15) is 37.7 Å². The number of phenols is 1. The fourth-order valence-electron chi connectivity index (χ4n) is 8.73. The van der Waals surface area contributed by atoms with Crippen LogP contribution >= 0.6 is 0 Å². The fraction of sp³-hybridized carbons (Fsp3) is 0.457. The molecule has 5 aliphatic heterocycles. The van der Waals surface area contributed by atoms with Crippen LogP contribution in [0.5, 0.6) is 23.4 Å². The zero-order valence-corrected chi connectivity index (χ0v) is 25.6. The van der Waals surface area contributed by atoms with Gasteiger partial charge in [0.2, 0.25) is 5.88 Å². The number of phenolic OH excluding ortho intramolecular Hbond substituents is 1. The lowest BCUT2D eigenvalue weighted by Gasteiger charge is -2.40. The van der Waals surface area contributed by atoms with Crippen LogP contribution in [-0.2, 0) is 0 Å². The van der Waals surface area contributed by atoms with Crippen molar-refractivity contribution in [2.45, 2.75) is 61.9 Å². The summed E-state index contributed by atoms with van der Waals surface area (Å²) in [4.78, 5) is 19.6. The third kappa shape index (κ3) is 4.12. The quantitative estimate of drug-likeness (QED) is 0.315. The summed E-state index contributed by atoms with van der Waals surface area (Å²) in [5, 5.41) is 16.8. The average Bonchev–Trinajstić information content (AvgIpc) is 3.69. The van der Waals surface area contributed by atoms with Crippen LogP contribution in [0.15, 0.2) is 30.3 Å². The number of nitrogens with zero attached hydrogens (tertiary/aromatic N) is 5. The molecular formula is C35H35FN6O4. The summed E-state index contributed by atoms with van der Waals surface area (Å²) in [6.07, 6.45) is 9.59. The van der Waals surface area contributed by atoms with E-state index in [1.54, 1.807) is 19.2 Å². The predicted molar refractivity (Wildman–Crippen MR) is 172 cm³/mol. The number of hydrogen-bond acceptors (Lipinski definition) is 10. The number of terminal acetylenes is 1. The van der Waals surface area contributed by atoms with Crippen LogP contribution in [0.4, 0.5) is 10.2 Å². The minimum absolute atomic E-state index is 0.0361. The summed E-state index contributed by atoms with van der Waals surface area (Å²) in [5.41, 5.74) is 1.86. The molecule has 0 aliphatic carbocycles. The largest absolute Gasteiger partial charge is 0.508 e. The van der Waals surface area contributed by atoms with Gasteiger partial charge in [0.1, 0.15) is 47.5 Å². The van der Waals surface area contributed by atoms with Gasteiger partial charge in [-0.3, -0.25) is 4.90 Å². The van der Waals surface area contributed by atoms with Crippen molar-refractivity contribution in [3.05, 3.63) is 35.9 Å². The number of ether oxygens (including phenoxy) is 3. The van der Waals surface area contributed by atoms with Crippen molar-refractivity contribution in [2.24, 2.45) is 0 Å². The van der Waals surface area contributed by atoms with E-state index in [-0.39, 0.29) is 29.4 Å². The lowest BCUT2D eigenvalue weighted by molar-refractivity contribution is 0.107. The van der Waals surface area contributed by atoms with E-state index in [4.69, 9.17) is 35.6 Å². The molecule has 4 aromatic rings. The topological polar surface area (TPSA) is 105 Å². The van der Waals surface area contributed by atoms with Crippen molar-refractivity contribution in [1.82, 2.24) is 25.2 Å². The molecule has 5 unspecified atom stereocenters. The Balaban J connectivity index is 1.26. The first-order chi connectivity index (χ1) is 22.4. The van der Waals surface area contributed by atoms with Crippen molar-refractivity contribution >= 4 is 27.5 Å². The second kappa shape index (κ2) is 10.3.